The molecular weight excluding hydrogens is 293 g/mol. The molecule has 1 heterocycles. The lowest BCUT2D eigenvalue weighted by molar-refractivity contribution is 0.396. The van der Waals surface area contributed by atoms with E-state index in [1.165, 1.54) is 6.07 Å². The van der Waals surface area contributed by atoms with Gasteiger partial charge in [0.2, 0.25) is 0 Å². The van der Waals surface area contributed by atoms with Crippen molar-refractivity contribution in [3.63, 3.8) is 0 Å². The van der Waals surface area contributed by atoms with E-state index in [1.807, 2.05) is 18.5 Å². The van der Waals surface area contributed by atoms with Crippen LogP contribution in [0.15, 0.2) is 24.4 Å². The van der Waals surface area contributed by atoms with Gasteiger partial charge in [0.05, 0.1) is 24.4 Å². The van der Waals surface area contributed by atoms with Gasteiger partial charge >= 0.3 is 0 Å². The van der Waals surface area contributed by atoms with Crippen LogP contribution in [0.1, 0.15) is 37.2 Å². The van der Waals surface area contributed by atoms with Gasteiger partial charge in [0.1, 0.15) is 11.5 Å². The first kappa shape index (κ1) is 15.8. The Labute approximate surface area is 128 Å². The normalized spacial score (nSPS) is 12.7. The highest BCUT2D eigenvalue weighted by atomic mass is 35.5. The van der Waals surface area contributed by atoms with Crippen LogP contribution in [-0.2, 0) is 0 Å². The molecule has 1 atom stereocenters. The Morgan fingerprint density at radius 2 is 2.10 bits per heavy atom. The standard InChI is InChI=1S/C15H19ClFN3O/c1-9(2)20-15(12(21-4)8-19-20)14(18-3)10-6-5-7-11(17)13(10)16/h5-9,14,18H,1-4H3. The predicted octanol–water partition coefficient (Wildman–Crippen LogP) is 3.57. The summed E-state index contributed by atoms with van der Waals surface area (Å²) in [4.78, 5) is 0. The Bertz CT molecular complexity index is 627. The molecule has 1 aromatic heterocycles. The first-order valence-corrected chi connectivity index (χ1v) is 7.11. The van der Waals surface area contributed by atoms with Crippen molar-refractivity contribution in [1.29, 1.82) is 0 Å². The lowest BCUT2D eigenvalue weighted by Gasteiger charge is -2.22. The summed E-state index contributed by atoms with van der Waals surface area (Å²) >= 11 is 6.13. The SMILES string of the molecule is CNC(c1cccc(F)c1Cl)c1c(OC)cnn1C(C)C. The number of nitrogens with one attached hydrogen (secondary N) is 1. The summed E-state index contributed by atoms with van der Waals surface area (Å²) in [7, 11) is 3.38. The summed E-state index contributed by atoms with van der Waals surface area (Å²) in [6, 6.07) is 4.61. The number of nitrogens with zero attached hydrogens (tertiary/aromatic N) is 2. The van der Waals surface area contributed by atoms with Crippen molar-refractivity contribution in [1.82, 2.24) is 15.1 Å². The zero-order chi connectivity index (χ0) is 15.6. The molecule has 0 saturated heterocycles. The Kier molecular flexibility index (Phi) is 4.85. The molecule has 0 saturated carbocycles. The molecule has 2 rings (SSSR count). The second kappa shape index (κ2) is 6.45. The van der Waals surface area contributed by atoms with Crippen LogP contribution in [0.3, 0.4) is 0 Å². The highest BCUT2D eigenvalue weighted by Crippen LogP contribution is 2.35. The average Bonchev–Trinajstić information content (AvgIpc) is 2.88. The number of methoxy groups -OCH3 is 1. The summed E-state index contributed by atoms with van der Waals surface area (Å²) in [6.07, 6.45) is 1.66. The highest BCUT2D eigenvalue weighted by molar-refractivity contribution is 6.31. The number of aromatic nitrogens is 2. The van der Waals surface area contributed by atoms with Crippen molar-refractivity contribution in [3.05, 3.63) is 46.5 Å². The minimum atomic E-state index is -0.441. The van der Waals surface area contributed by atoms with Crippen LogP contribution in [0.5, 0.6) is 5.75 Å². The van der Waals surface area contributed by atoms with Gasteiger partial charge in [-0.3, -0.25) is 4.68 Å². The van der Waals surface area contributed by atoms with Crippen LogP contribution in [0.4, 0.5) is 4.39 Å². The van der Waals surface area contributed by atoms with Crippen molar-refractivity contribution >= 4 is 11.6 Å². The van der Waals surface area contributed by atoms with Crippen LogP contribution < -0.4 is 10.1 Å². The van der Waals surface area contributed by atoms with E-state index in [1.54, 1.807) is 32.5 Å². The first-order chi connectivity index (χ1) is 10.0. The maximum Gasteiger partial charge on any atom is 0.161 e. The molecule has 1 unspecified atom stereocenters. The molecule has 0 spiro atoms. The summed E-state index contributed by atoms with van der Waals surface area (Å²) < 4.78 is 21.0. The number of benzene rings is 1. The van der Waals surface area contributed by atoms with E-state index in [0.29, 0.717) is 11.3 Å². The molecule has 0 bridgehead atoms. The van der Waals surface area contributed by atoms with Crippen LogP contribution in [0.2, 0.25) is 5.02 Å². The Balaban J connectivity index is 2.61. The zero-order valence-electron chi connectivity index (χ0n) is 12.5. The summed E-state index contributed by atoms with van der Waals surface area (Å²) in [5.74, 6) is 0.201. The Hall–Kier alpha value is -1.59. The van der Waals surface area contributed by atoms with Crippen LogP contribution >= 0.6 is 11.6 Å². The number of rotatable bonds is 5. The van der Waals surface area contributed by atoms with E-state index < -0.39 is 5.82 Å². The van der Waals surface area contributed by atoms with Crippen LogP contribution in [0, 0.1) is 5.82 Å². The van der Waals surface area contributed by atoms with Gasteiger partial charge in [-0.25, -0.2) is 4.39 Å². The van der Waals surface area contributed by atoms with Gasteiger partial charge in [0.15, 0.2) is 5.75 Å². The van der Waals surface area contributed by atoms with Crippen LogP contribution in [-0.4, -0.2) is 23.9 Å². The van der Waals surface area contributed by atoms with E-state index >= 15 is 0 Å². The summed E-state index contributed by atoms with van der Waals surface area (Å²) in [5, 5.41) is 7.62. The molecule has 0 aliphatic carbocycles. The smallest absolute Gasteiger partial charge is 0.161 e. The van der Waals surface area contributed by atoms with Gasteiger partial charge in [-0.2, -0.15) is 5.10 Å². The fourth-order valence-electron chi connectivity index (χ4n) is 2.38. The van der Waals surface area contributed by atoms with E-state index in [-0.39, 0.29) is 17.1 Å². The van der Waals surface area contributed by atoms with Crippen molar-refractivity contribution in [3.8, 4) is 5.75 Å². The quantitative estimate of drug-likeness (QED) is 0.917. The molecule has 0 fully saturated rings. The molecule has 0 aliphatic heterocycles. The van der Waals surface area contributed by atoms with Gasteiger partial charge < -0.3 is 10.1 Å². The monoisotopic (exact) mass is 311 g/mol. The molecule has 21 heavy (non-hydrogen) atoms. The molecule has 2 aromatic rings. The molecule has 1 aromatic carbocycles. The number of hydrogen-bond donors (Lipinski definition) is 1. The minimum Gasteiger partial charge on any atom is -0.493 e. The maximum atomic E-state index is 13.7. The molecule has 114 valence electrons. The van der Waals surface area contributed by atoms with Gasteiger partial charge in [-0.1, -0.05) is 23.7 Å². The van der Waals surface area contributed by atoms with Crippen molar-refractivity contribution in [2.24, 2.45) is 0 Å². The van der Waals surface area contributed by atoms with Gasteiger partial charge in [0, 0.05) is 6.04 Å². The average molecular weight is 312 g/mol. The number of ether oxygens (including phenoxy) is 1. The van der Waals surface area contributed by atoms with Crippen molar-refractivity contribution in [2.75, 3.05) is 14.2 Å². The van der Waals surface area contributed by atoms with Gasteiger partial charge in [-0.15, -0.1) is 0 Å². The van der Waals surface area contributed by atoms with E-state index in [4.69, 9.17) is 16.3 Å². The predicted molar refractivity (Wildman–Crippen MR) is 81.5 cm³/mol. The third-order valence-corrected chi connectivity index (χ3v) is 3.76. The van der Waals surface area contributed by atoms with Gasteiger partial charge in [0.25, 0.3) is 0 Å². The minimum absolute atomic E-state index is 0.107. The second-order valence-corrected chi connectivity index (χ2v) is 5.38. The largest absolute Gasteiger partial charge is 0.493 e. The molecular formula is C15H19ClFN3O. The first-order valence-electron chi connectivity index (χ1n) is 6.73. The lowest BCUT2D eigenvalue weighted by atomic mass is 10.0. The number of halogens is 2. The summed E-state index contributed by atoms with van der Waals surface area (Å²) in [6.45, 7) is 4.05. The zero-order valence-corrected chi connectivity index (χ0v) is 13.3. The lowest BCUT2D eigenvalue weighted by Crippen LogP contribution is -2.23. The third-order valence-electron chi connectivity index (χ3n) is 3.36. The molecule has 0 amide bonds. The topological polar surface area (TPSA) is 39.1 Å². The molecule has 1 N–H and O–H groups in total. The Morgan fingerprint density at radius 3 is 2.67 bits per heavy atom. The molecule has 4 nitrogen and oxygen atoms in total. The molecule has 0 aliphatic rings. The van der Waals surface area contributed by atoms with Crippen molar-refractivity contribution < 1.29 is 9.13 Å². The second-order valence-electron chi connectivity index (χ2n) is 5.00. The van der Waals surface area contributed by atoms with Crippen LogP contribution in [0.25, 0.3) is 0 Å². The Morgan fingerprint density at radius 1 is 1.38 bits per heavy atom. The fourth-order valence-corrected chi connectivity index (χ4v) is 2.62. The van der Waals surface area contributed by atoms with Crippen molar-refractivity contribution in [2.45, 2.75) is 25.9 Å². The van der Waals surface area contributed by atoms with E-state index in [9.17, 15) is 4.39 Å². The molecule has 0 radical (unpaired) electrons. The highest BCUT2D eigenvalue weighted by Gasteiger charge is 2.26. The molecule has 6 heteroatoms. The van der Waals surface area contributed by atoms with E-state index in [0.717, 1.165) is 5.69 Å². The fraction of sp³-hybridized carbons (Fsp3) is 0.400. The van der Waals surface area contributed by atoms with E-state index in [2.05, 4.69) is 10.4 Å². The maximum absolute atomic E-state index is 13.7. The third kappa shape index (κ3) is 2.89. The van der Waals surface area contributed by atoms with Gasteiger partial charge in [-0.05, 0) is 32.5 Å². The number of hydrogen-bond acceptors (Lipinski definition) is 3. The summed E-state index contributed by atoms with van der Waals surface area (Å²) in [5.41, 5.74) is 1.47.